The number of anilines is 1. The second-order valence-electron chi connectivity index (χ2n) is 11.1. The van der Waals surface area contributed by atoms with Crippen molar-refractivity contribution in [3.05, 3.63) is 89.5 Å². The van der Waals surface area contributed by atoms with Crippen LogP contribution in [0.4, 0.5) is 14.9 Å². The van der Waals surface area contributed by atoms with Crippen molar-refractivity contribution in [3.63, 3.8) is 0 Å². The molecule has 0 saturated heterocycles. The number of nitrogens with one attached hydrogen (secondary N) is 1. The van der Waals surface area contributed by atoms with E-state index >= 15 is 0 Å². The lowest BCUT2D eigenvalue weighted by Crippen LogP contribution is -2.49. The SMILES string of the molecule is Cc1ccc(NC(=O)N(CC(=O)N(Cc2cccn2Cc2ccc(F)cc2)C2CCCCC2)CC(C)C)cc1. The molecule has 0 aliphatic heterocycles. The van der Waals surface area contributed by atoms with Crippen LogP contribution in [0.25, 0.3) is 0 Å². The largest absolute Gasteiger partial charge is 0.345 e. The Hall–Kier alpha value is -3.61. The quantitative estimate of drug-likeness (QED) is 0.311. The zero-order valence-electron chi connectivity index (χ0n) is 23.4. The van der Waals surface area contributed by atoms with Crippen molar-refractivity contribution in [1.29, 1.82) is 0 Å². The van der Waals surface area contributed by atoms with E-state index in [1.54, 1.807) is 17.0 Å². The first-order valence-corrected chi connectivity index (χ1v) is 14.1. The highest BCUT2D eigenvalue weighted by Gasteiger charge is 2.29. The van der Waals surface area contributed by atoms with Crippen LogP contribution in [0.5, 0.6) is 0 Å². The molecule has 0 radical (unpaired) electrons. The molecule has 1 heterocycles. The van der Waals surface area contributed by atoms with Gasteiger partial charge < -0.3 is 19.7 Å². The van der Waals surface area contributed by atoms with Crippen molar-refractivity contribution in [1.82, 2.24) is 14.4 Å². The number of hydrogen-bond acceptors (Lipinski definition) is 2. The number of urea groups is 1. The normalized spacial score (nSPS) is 13.9. The summed E-state index contributed by atoms with van der Waals surface area (Å²) in [6.07, 6.45) is 7.36. The molecule has 1 fully saturated rings. The van der Waals surface area contributed by atoms with E-state index in [9.17, 15) is 14.0 Å². The number of rotatable bonds is 10. The fourth-order valence-corrected chi connectivity index (χ4v) is 5.28. The van der Waals surface area contributed by atoms with Crippen LogP contribution in [0.15, 0.2) is 66.9 Å². The van der Waals surface area contributed by atoms with Crippen molar-refractivity contribution < 1.29 is 14.0 Å². The summed E-state index contributed by atoms with van der Waals surface area (Å²) in [5, 5.41) is 2.97. The zero-order chi connectivity index (χ0) is 27.8. The maximum absolute atomic E-state index is 13.9. The Kier molecular flexibility index (Phi) is 9.79. The zero-order valence-corrected chi connectivity index (χ0v) is 23.4. The monoisotopic (exact) mass is 532 g/mol. The van der Waals surface area contributed by atoms with Crippen LogP contribution in [-0.2, 0) is 17.9 Å². The number of carbonyl (C=O) groups excluding carboxylic acids is 2. The van der Waals surface area contributed by atoms with Crippen LogP contribution < -0.4 is 5.32 Å². The summed E-state index contributed by atoms with van der Waals surface area (Å²) in [7, 11) is 0. The first kappa shape index (κ1) is 28.4. The first-order chi connectivity index (χ1) is 18.8. The van der Waals surface area contributed by atoms with E-state index in [0.29, 0.717) is 19.6 Å². The summed E-state index contributed by atoms with van der Waals surface area (Å²) < 4.78 is 15.5. The van der Waals surface area contributed by atoms with E-state index in [4.69, 9.17) is 0 Å². The molecule has 1 aromatic heterocycles. The number of benzene rings is 2. The first-order valence-electron chi connectivity index (χ1n) is 14.1. The number of nitrogens with zero attached hydrogens (tertiary/aromatic N) is 3. The van der Waals surface area contributed by atoms with Crippen LogP contribution in [0, 0.1) is 18.7 Å². The number of amides is 3. The number of halogens is 1. The van der Waals surface area contributed by atoms with Crippen molar-refractivity contribution in [2.45, 2.75) is 72.0 Å². The molecule has 0 bridgehead atoms. The minimum Gasteiger partial charge on any atom is -0.345 e. The molecule has 0 unspecified atom stereocenters. The highest BCUT2D eigenvalue weighted by atomic mass is 19.1. The molecular formula is C32H41FN4O2. The fourth-order valence-electron chi connectivity index (χ4n) is 5.28. The highest BCUT2D eigenvalue weighted by molar-refractivity contribution is 5.92. The fraction of sp³-hybridized carbons (Fsp3) is 0.438. The molecule has 4 rings (SSSR count). The summed E-state index contributed by atoms with van der Waals surface area (Å²) in [5.41, 5.74) is 3.86. The van der Waals surface area contributed by atoms with Crippen LogP contribution in [0.2, 0.25) is 0 Å². The van der Waals surface area contributed by atoms with Gasteiger partial charge in [0, 0.05) is 36.7 Å². The Balaban J connectivity index is 1.51. The van der Waals surface area contributed by atoms with E-state index in [-0.39, 0.29) is 36.3 Å². The van der Waals surface area contributed by atoms with E-state index < -0.39 is 0 Å². The van der Waals surface area contributed by atoms with Crippen LogP contribution in [-0.4, -0.2) is 45.4 Å². The van der Waals surface area contributed by atoms with Crippen molar-refractivity contribution >= 4 is 17.6 Å². The Morgan fingerprint density at radius 2 is 1.69 bits per heavy atom. The third-order valence-electron chi connectivity index (χ3n) is 7.36. The van der Waals surface area contributed by atoms with Gasteiger partial charge in [0.25, 0.3) is 0 Å². The average molecular weight is 533 g/mol. The topological polar surface area (TPSA) is 57.6 Å². The predicted molar refractivity (Wildman–Crippen MR) is 154 cm³/mol. The lowest BCUT2D eigenvalue weighted by atomic mass is 9.94. The third-order valence-corrected chi connectivity index (χ3v) is 7.36. The van der Waals surface area contributed by atoms with Crippen molar-refractivity contribution in [3.8, 4) is 0 Å². The van der Waals surface area contributed by atoms with Gasteiger partial charge in [-0.1, -0.05) is 62.9 Å². The smallest absolute Gasteiger partial charge is 0.322 e. The van der Waals surface area contributed by atoms with Crippen LogP contribution >= 0.6 is 0 Å². The molecule has 39 heavy (non-hydrogen) atoms. The van der Waals surface area contributed by atoms with E-state index in [0.717, 1.165) is 48.2 Å². The van der Waals surface area contributed by atoms with Gasteiger partial charge in [-0.2, -0.15) is 0 Å². The summed E-state index contributed by atoms with van der Waals surface area (Å²) in [6.45, 7) is 7.72. The minimum absolute atomic E-state index is 0.0314. The van der Waals surface area contributed by atoms with E-state index in [1.807, 2.05) is 54.4 Å². The molecule has 208 valence electrons. The van der Waals surface area contributed by atoms with Crippen LogP contribution in [0.3, 0.4) is 0 Å². The van der Waals surface area contributed by atoms with E-state index in [2.05, 4.69) is 23.7 Å². The maximum Gasteiger partial charge on any atom is 0.322 e. The highest BCUT2D eigenvalue weighted by Crippen LogP contribution is 2.25. The van der Waals surface area contributed by atoms with Gasteiger partial charge in [-0.15, -0.1) is 0 Å². The average Bonchev–Trinajstić information content (AvgIpc) is 3.36. The summed E-state index contributed by atoms with van der Waals surface area (Å²) in [4.78, 5) is 30.8. The van der Waals surface area contributed by atoms with Crippen molar-refractivity contribution in [2.24, 2.45) is 5.92 Å². The van der Waals surface area contributed by atoms with Gasteiger partial charge in [0.05, 0.1) is 6.54 Å². The Morgan fingerprint density at radius 3 is 2.36 bits per heavy atom. The molecule has 3 amide bonds. The van der Waals surface area contributed by atoms with Gasteiger partial charge in [-0.25, -0.2) is 9.18 Å². The lowest BCUT2D eigenvalue weighted by molar-refractivity contribution is -0.135. The molecule has 7 heteroatoms. The van der Waals surface area contributed by atoms with Gasteiger partial charge in [0.15, 0.2) is 0 Å². The predicted octanol–water partition coefficient (Wildman–Crippen LogP) is 6.84. The third kappa shape index (κ3) is 8.19. The standard InChI is InChI=1S/C32H41FN4O2/c1-24(2)20-36(32(39)34-28-17-11-25(3)12-18-28)23-31(38)37(29-8-5-4-6-9-29)22-30-10-7-19-35(30)21-26-13-15-27(33)16-14-26/h7,10-19,24,29H,4-6,8-9,20-23H2,1-3H3,(H,34,39). The molecule has 1 N–H and O–H groups in total. The van der Waals surface area contributed by atoms with Crippen LogP contribution in [0.1, 0.15) is 62.8 Å². The Morgan fingerprint density at radius 1 is 1.00 bits per heavy atom. The number of carbonyl (C=O) groups is 2. The molecule has 6 nitrogen and oxygen atoms in total. The molecule has 0 spiro atoms. The Labute approximate surface area is 231 Å². The Bertz CT molecular complexity index is 1210. The lowest BCUT2D eigenvalue weighted by Gasteiger charge is -2.36. The van der Waals surface area contributed by atoms with E-state index in [1.165, 1.54) is 18.6 Å². The molecular weight excluding hydrogens is 491 g/mol. The van der Waals surface area contributed by atoms with Gasteiger partial charge in [-0.05, 0) is 67.6 Å². The minimum atomic E-state index is -0.260. The summed E-state index contributed by atoms with van der Waals surface area (Å²) in [6, 6.07) is 18.1. The number of aromatic nitrogens is 1. The van der Waals surface area contributed by atoms with Gasteiger partial charge in [-0.3, -0.25) is 4.79 Å². The molecule has 2 aromatic carbocycles. The van der Waals surface area contributed by atoms with Crippen molar-refractivity contribution in [2.75, 3.05) is 18.4 Å². The molecule has 1 aliphatic carbocycles. The molecule has 1 saturated carbocycles. The summed E-state index contributed by atoms with van der Waals surface area (Å²) in [5.74, 6) is -0.0632. The molecule has 3 aromatic rings. The second kappa shape index (κ2) is 13.5. The molecule has 1 aliphatic rings. The number of aryl methyl sites for hydroxylation is 1. The second-order valence-corrected chi connectivity index (χ2v) is 11.1. The maximum atomic E-state index is 13.9. The molecule has 0 atom stereocenters. The summed E-state index contributed by atoms with van der Waals surface area (Å²) >= 11 is 0. The van der Waals surface area contributed by atoms with Gasteiger partial charge in [0.2, 0.25) is 5.91 Å². The van der Waals surface area contributed by atoms with Gasteiger partial charge >= 0.3 is 6.03 Å². The van der Waals surface area contributed by atoms with Gasteiger partial charge in [0.1, 0.15) is 12.4 Å². The number of hydrogen-bond donors (Lipinski definition) is 1.